The van der Waals surface area contributed by atoms with Crippen LogP contribution in [0.4, 0.5) is 0 Å². The van der Waals surface area contributed by atoms with Crippen LogP contribution in [0.15, 0.2) is 0 Å². The lowest BCUT2D eigenvalue weighted by atomic mass is 9.86. The van der Waals surface area contributed by atoms with Crippen molar-refractivity contribution < 1.29 is 20.4 Å². The summed E-state index contributed by atoms with van der Waals surface area (Å²) >= 11 is 0. The van der Waals surface area contributed by atoms with Gasteiger partial charge in [-0.2, -0.15) is 0 Å². The van der Waals surface area contributed by atoms with E-state index in [-0.39, 0.29) is 6.42 Å². The van der Waals surface area contributed by atoms with Crippen molar-refractivity contribution in [3.63, 3.8) is 0 Å². The molecule has 5 atom stereocenters. The third-order valence-electron chi connectivity index (χ3n) is 2.05. The van der Waals surface area contributed by atoms with E-state index in [0.717, 1.165) is 0 Å². The highest BCUT2D eigenvalue weighted by Gasteiger charge is 2.40. The molecule has 1 aliphatic rings. The van der Waals surface area contributed by atoms with Crippen LogP contribution in [0.5, 0.6) is 0 Å². The number of hydrogen-bond donors (Lipinski definition) is 5. The van der Waals surface area contributed by atoms with Crippen molar-refractivity contribution in [3.8, 4) is 0 Å². The van der Waals surface area contributed by atoms with Crippen LogP contribution in [0, 0.1) is 0 Å². The molecule has 1 saturated carbocycles. The summed E-state index contributed by atoms with van der Waals surface area (Å²) in [4.78, 5) is 0. The lowest BCUT2D eigenvalue weighted by molar-refractivity contribution is -0.141. The maximum atomic E-state index is 9.09. The molecular formula is C6H13NO4. The van der Waals surface area contributed by atoms with Crippen LogP contribution < -0.4 is 5.73 Å². The molecule has 0 aromatic heterocycles. The summed E-state index contributed by atoms with van der Waals surface area (Å²) in [6, 6.07) is -0.664. The minimum Gasteiger partial charge on any atom is -0.390 e. The molecule has 0 aromatic carbocycles. The molecule has 1 rings (SSSR count). The topological polar surface area (TPSA) is 107 Å². The van der Waals surface area contributed by atoms with E-state index in [9.17, 15) is 0 Å². The summed E-state index contributed by atoms with van der Waals surface area (Å²) < 4.78 is 0. The Morgan fingerprint density at radius 2 is 1.45 bits per heavy atom. The van der Waals surface area contributed by atoms with E-state index in [1.807, 2.05) is 0 Å². The smallest absolute Gasteiger partial charge is 0.110 e. The fraction of sp³-hybridized carbons (Fsp3) is 1.00. The third kappa shape index (κ3) is 1.52. The molecular weight excluding hydrogens is 150 g/mol. The molecule has 0 bridgehead atoms. The van der Waals surface area contributed by atoms with Crippen LogP contribution >= 0.6 is 0 Å². The normalized spacial score (nSPS) is 52.6. The molecule has 0 heterocycles. The van der Waals surface area contributed by atoms with Crippen LogP contribution in [0.2, 0.25) is 0 Å². The monoisotopic (exact) mass is 163 g/mol. The Kier molecular flexibility index (Phi) is 2.46. The van der Waals surface area contributed by atoms with E-state index >= 15 is 0 Å². The number of aliphatic hydroxyl groups is 4. The molecule has 11 heavy (non-hydrogen) atoms. The Morgan fingerprint density at radius 3 is 2.00 bits per heavy atom. The van der Waals surface area contributed by atoms with Crippen LogP contribution in [0.1, 0.15) is 6.42 Å². The molecule has 6 N–H and O–H groups in total. The van der Waals surface area contributed by atoms with E-state index < -0.39 is 30.5 Å². The van der Waals surface area contributed by atoms with Crippen LogP contribution in [-0.4, -0.2) is 50.9 Å². The average Bonchev–Trinajstić information content (AvgIpc) is 1.97. The number of aliphatic hydroxyl groups excluding tert-OH is 4. The molecule has 5 heteroatoms. The summed E-state index contributed by atoms with van der Waals surface area (Å²) in [5, 5.41) is 36.2. The van der Waals surface area contributed by atoms with Gasteiger partial charge in [0.25, 0.3) is 0 Å². The Morgan fingerprint density at radius 1 is 0.909 bits per heavy atom. The van der Waals surface area contributed by atoms with Crippen molar-refractivity contribution in [2.75, 3.05) is 0 Å². The van der Waals surface area contributed by atoms with Gasteiger partial charge in [-0.15, -0.1) is 0 Å². The minimum absolute atomic E-state index is 0.111. The summed E-state index contributed by atoms with van der Waals surface area (Å²) in [6.07, 6.45) is -4.70. The maximum Gasteiger partial charge on any atom is 0.110 e. The predicted octanol–water partition coefficient (Wildman–Crippen LogP) is -2.84. The molecule has 0 radical (unpaired) electrons. The van der Waals surface area contributed by atoms with Gasteiger partial charge < -0.3 is 26.2 Å². The Hall–Kier alpha value is -0.200. The third-order valence-corrected chi connectivity index (χ3v) is 2.05. The fourth-order valence-electron chi connectivity index (χ4n) is 1.24. The van der Waals surface area contributed by atoms with Crippen molar-refractivity contribution in [2.24, 2.45) is 5.73 Å². The first-order valence-electron chi connectivity index (χ1n) is 3.52. The summed E-state index contributed by atoms with van der Waals surface area (Å²) in [5.41, 5.74) is 5.34. The van der Waals surface area contributed by atoms with Crippen molar-refractivity contribution in [2.45, 2.75) is 36.9 Å². The summed E-state index contributed by atoms with van der Waals surface area (Å²) in [6.45, 7) is 0. The van der Waals surface area contributed by atoms with E-state index in [2.05, 4.69) is 0 Å². The molecule has 0 aromatic rings. The standard InChI is InChI=1S/C6H13NO4/c7-2-1-3(8)5(10)6(11)4(2)9/h2-6,8-11H,1,7H2/t2-,3?,4?,5?,6?/m1/s1. The van der Waals surface area contributed by atoms with Crippen LogP contribution in [0.25, 0.3) is 0 Å². The highest BCUT2D eigenvalue weighted by atomic mass is 16.4. The summed E-state index contributed by atoms with van der Waals surface area (Å²) in [7, 11) is 0. The SMILES string of the molecule is N[C@@H]1CC(O)C(O)C(O)C1O. The van der Waals surface area contributed by atoms with E-state index in [0.29, 0.717) is 0 Å². The van der Waals surface area contributed by atoms with Crippen molar-refractivity contribution in [1.82, 2.24) is 0 Å². The lowest BCUT2D eigenvalue weighted by Gasteiger charge is -2.36. The molecule has 4 unspecified atom stereocenters. The van der Waals surface area contributed by atoms with Crippen molar-refractivity contribution in [3.05, 3.63) is 0 Å². The largest absolute Gasteiger partial charge is 0.390 e. The second-order valence-corrected chi connectivity index (χ2v) is 2.94. The van der Waals surface area contributed by atoms with Gasteiger partial charge in [-0.05, 0) is 6.42 Å². The number of hydrogen-bond acceptors (Lipinski definition) is 5. The number of nitrogens with two attached hydrogens (primary N) is 1. The van der Waals surface area contributed by atoms with Crippen molar-refractivity contribution in [1.29, 1.82) is 0 Å². The second-order valence-electron chi connectivity index (χ2n) is 2.94. The van der Waals surface area contributed by atoms with E-state index in [1.165, 1.54) is 0 Å². The Labute approximate surface area is 64.1 Å². The first kappa shape index (κ1) is 8.89. The highest BCUT2D eigenvalue weighted by Crippen LogP contribution is 2.18. The Balaban J connectivity index is 2.63. The molecule has 1 aliphatic carbocycles. The highest BCUT2D eigenvalue weighted by molar-refractivity contribution is 4.94. The molecule has 5 nitrogen and oxygen atoms in total. The van der Waals surface area contributed by atoms with Gasteiger partial charge in [0.2, 0.25) is 0 Å². The quantitative estimate of drug-likeness (QED) is 0.264. The van der Waals surface area contributed by atoms with Gasteiger partial charge in [-0.3, -0.25) is 0 Å². The van der Waals surface area contributed by atoms with Gasteiger partial charge in [-0.1, -0.05) is 0 Å². The fourth-order valence-corrected chi connectivity index (χ4v) is 1.24. The van der Waals surface area contributed by atoms with Gasteiger partial charge in [0.15, 0.2) is 0 Å². The molecule has 0 spiro atoms. The van der Waals surface area contributed by atoms with Gasteiger partial charge in [0, 0.05) is 6.04 Å². The van der Waals surface area contributed by atoms with Crippen LogP contribution in [0.3, 0.4) is 0 Å². The van der Waals surface area contributed by atoms with Crippen LogP contribution in [-0.2, 0) is 0 Å². The van der Waals surface area contributed by atoms with Gasteiger partial charge in [0.1, 0.15) is 12.2 Å². The number of rotatable bonds is 0. The van der Waals surface area contributed by atoms with Gasteiger partial charge in [0.05, 0.1) is 12.2 Å². The molecule has 0 saturated heterocycles. The zero-order valence-electron chi connectivity index (χ0n) is 5.96. The average molecular weight is 163 g/mol. The second kappa shape index (κ2) is 3.04. The van der Waals surface area contributed by atoms with Gasteiger partial charge in [-0.25, -0.2) is 0 Å². The maximum absolute atomic E-state index is 9.09. The predicted molar refractivity (Wildman–Crippen MR) is 36.6 cm³/mol. The first-order chi connectivity index (χ1) is 5.04. The van der Waals surface area contributed by atoms with Crippen molar-refractivity contribution >= 4 is 0 Å². The Bertz CT molecular complexity index is 129. The molecule has 0 amide bonds. The summed E-state index contributed by atoms with van der Waals surface area (Å²) in [5.74, 6) is 0. The van der Waals surface area contributed by atoms with E-state index in [4.69, 9.17) is 26.2 Å². The minimum atomic E-state index is -1.34. The van der Waals surface area contributed by atoms with Gasteiger partial charge >= 0.3 is 0 Å². The molecule has 1 fully saturated rings. The lowest BCUT2D eigenvalue weighted by Crippen LogP contribution is -2.58. The zero-order chi connectivity index (χ0) is 8.59. The zero-order valence-corrected chi connectivity index (χ0v) is 5.96. The molecule has 66 valence electrons. The first-order valence-corrected chi connectivity index (χ1v) is 3.52. The van der Waals surface area contributed by atoms with E-state index in [1.54, 1.807) is 0 Å². The molecule has 0 aliphatic heterocycles.